The van der Waals surface area contributed by atoms with Gasteiger partial charge in [-0.2, -0.15) is 4.80 Å². The number of nitrogens with one attached hydrogen (secondary N) is 1. The summed E-state index contributed by atoms with van der Waals surface area (Å²) in [6, 6.07) is 13.7. The van der Waals surface area contributed by atoms with Crippen LogP contribution < -0.4 is 5.32 Å². The van der Waals surface area contributed by atoms with Gasteiger partial charge in [-0.1, -0.05) is 18.2 Å². The number of hydrogen-bond acceptors (Lipinski definition) is 5. The molecule has 2 heterocycles. The molecule has 0 aliphatic heterocycles. The average Bonchev–Trinajstić information content (AvgIpc) is 3.16. The van der Waals surface area contributed by atoms with Crippen LogP contribution in [0.15, 0.2) is 53.1 Å². The van der Waals surface area contributed by atoms with E-state index in [2.05, 4.69) is 20.7 Å². The van der Waals surface area contributed by atoms with Crippen LogP contribution in [0, 0.1) is 0 Å². The molecule has 0 fully saturated rings. The van der Waals surface area contributed by atoms with Crippen molar-refractivity contribution < 1.29 is 4.42 Å². The topological polar surface area (TPSA) is 68.8 Å². The van der Waals surface area contributed by atoms with E-state index in [-0.39, 0.29) is 6.04 Å². The Morgan fingerprint density at radius 3 is 2.80 bits per heavy atom. The van der Waals surface area contributed by atoms with E-state index in [1.165, 1.54) is 0 Å². The van der Waals surface area contributed by atoms with Gasteiger partial charge >= 0.3 is 0 Å². The van der Waals surface area contributed by atoms with Gasteiger partial charge in [0.1, 0.15) is 0 Å². The number of nitrogens with zero attached hydrogens (tertiary/aromatic N) is 4. The van der Waals surface area contributed by atoms with E-state index in [1.54, 1.807) is 17.1 Å². The molecule has 1 N–H and O–H groups in total. The minimum atomic E-state index is 0.0893. The van der Waals surface area contributed by atoms with Crippen molar-refractivity contribution in [2.75, 3.05) is 11.9 Å². The first kappa shape index (κ1) is 12.4. The summed E-state index contributed by atoms with van der Waals surface area (Å²) in [6.07, 6.45) is 1.59. The first-order chi connectivity index (χ1) is 9.83. The Morgan fingerprint density at radius 2 is 2.05 bits per heavy atom. The molecule has 0 bridgehead atoms. The predicted octanol–water partition coefficient (Wildman–Crippen LogP) is 2.61. The fourth-order valence-electron chi connectivity index (χ4n) is 1.82. The monoisotopic (exact) mass is 269 g/mol. The lowest BCUT2D eigenvalue weighted by Crippen LogP contribution is -2.18. The van der Waals surface area contributed by atoms with E-state index in [9.17, 15) is 0 Å². The summed E-state index contributed by atoms with van der Waals surface area (Å²) in [5.41, 5.74) is 1.07. The highest BCUT2D eigenvalue weighted by molar-refractivity contribution is 5.44. The van der Waals surface area contributed by atoms with Gasteiger partial charge in [0.15, 0.2) is 5.76 Å². The summed E-state index contributed by atoms with van der Waals surface area (Å²) in [5.74, 6) is 1.13. The molecule has 1 aromatic carbocycles. The molecule has 1 unspecified atom stereocenters. The number of rotatable bonds is 5. The Hall–Kier alpha value is -2.63. The van der Waals surface area contributed by atoms with Gasteiger partial charge in [-0.05, 0) is 36.4 Å². The number of para-hydroxylation sites is 1. The van der Waals surface area contributed by atoms with Gasteiger partial charge in [0.2, 0.25) is 5.82 Å². The van der Waals surface area contributed by atoms with Crippen LogP contribution in [0.2, 0.25) is 0 Å². The lowest BCUT2D eigenvalue weighted by Gasteiger charge is -2.11. The number of tetrazole rings is 1. The first-order valence-corrected chi connectivity index (χ1v) is 6.45. The molecule has 6 heteroatoms. The molecule has 3 aromatic rings. The van der Waals surface area contributed by atoms with E-state index in [0.717, 1.165) is 12.2 Å². The van der Waals surface area contributed by atoms with Crippen molar-refractivity contribution in [3.63, 3.8) is 0 Å². The molecule has 2 aromatic heterocycles. The quantitative estimate of drug-likeness (QED) is 0.771. The molecular weight excluding hydrogens is 254 g/mol. The largest absolute Gasteiger partial charge is 0.461 e. The SMILES string of the molecule is CC(CNc1ccccc1)n1nnc(-c2ccco2)n1. The van der Waals surface area contributed by atoms with E-state index < -0.39 is 0 Å². The maximum atomic E-state index is 5.25. The zero-order valence-corrected chi connectivity index (χ0v) is 11.1. The maximum Gasteiger partial charge on any atom is 0.240 e. The van der Waals surface area contributed by atoms with Gasteiger partial charge in [-0.15, -0.1) is 10.2 Å². The predicted molar refractivity (Wildman–Crippen MR) is 75.2 cm³/mol. The van der Waals surface area contributed by atoms with Gasteiger partial charge < -0.3 is 9.73 Å². The summed E-state index contributed by atoms with van der Waals surface area (Å²) in [6.45, 7) is 2.75. The van der Waals surface area contributed by atoms with Crippen molar-refractivity contribution in [2.45, 2.75) is 13.0 Å². The summed E-state index contributed by atoms with van der Waals surface area (Å²) >= 11 is 0. The molecule has 3 rings (SSSR count). The molecule has 0 amide bonds. The second kappa shape index (κ2) is 5.56. The van der Waals surface area contributed by atoms with Crippen LogP contribution in [0.1, 0.15) is 13.0 Å². The van der Waals surface area contributed by atoms with Crippen LogP contribution in [0.5, 0.6) is 0 Å². The molecule has 102 valence electrons. The van der Waals surface area contributed by atoms with Gasteiger partial charge in [-0.3, -0.25) is 0 Å². The molecular formula is C14H15N5O. The van der Waals surface area contributed by atoms with E-state index in [1.807, 2.05) is 43.3 Å². The summed E-state index contributed by atoms with van der Waals surface area (Å²) in [4.78, 5) is 1.59. The zero-order chi connectivity index (χ0) is 13.8. The maximum absolute atomic E-state index is 5.25. The average molecular weight is 269 g/mol. The van der Waals surface area contributed by atoms with E-state index in [4.69, 9.17) is 4.42 Å². The van der Waals surface area contributed by atoms with Crippen molar-refractivity contribution in [3.05, 3.63) is 48.7 Å². The lowest BCUT2D eigenvalue weighted by molar-refractivity contribution is 0.440. The molecule has 0 radical (unpaired) electrons. The Bertz CT molecular complexity index is 647. The Labute approximate surface area is 116 Å². The standard InChI is InChI=1S/C14H15N5O/c1-11(10-15-12-6-3-2-4-7-12)19-17-14(16-18-19)13-8-5-9-20-13/h2-9,11,15H,10H2,1H3. The summed E-state index contributed by atoms with van der Waals surface area (Å²) < 4.78 is 5.25. The van der Waals surface area contributed by atoms with Gasteiger partial charge in [0.25, 0.3) is 0 Å². The number of benzene rings is 1. The molecule has 0 aliphatic carbocycles. The summed E-state index contributed by atoms with van der Waals surface area (Å²) in [5, 5.41) is 15.7. The minimum Gasteiger partial charge on any atom is -0.461 e. The van der Waals surface area contributed by atoms with Crippen LogP contribution >= 0.6 is 0 Å². The first-order valence-electron chi connectivity index (χ1n) is 6.45. The fourth-order valence-corrected chi connectivity index (χ4v) is 1.82. The van der Waals surface area contributed by atoms with Crippen molar-refractivity contribution in [1.82, 2.24) is 20.2 Å². The van der Waals surface area contributed by atoms with E-state index >= 15 is 0 Å². The third-order valence-electron chi connectivity index (χ3n) is 2.94. The highest BCUT2D eigenvalue weighted by Gasteiger charge is 2.12. The van der Waals surface area contributed by atoms with Crippen LogP contribution in [-0.4, -0.2) is 26.8 Å². The molecule has 20 heavy (non-hydrogen) atoms. The van der Waals surface area contributed by atoms with Crippen molar-refractivity contribution in [3.8, 4) is 11.6 Å². The number of hydrogen-bond donors (Lipinski definition) is 1. The second-order valence-electron chi connectivity index (χ2n) is 4.51. The normalized spacial score (nSPS) is 12.2. The Balaban J connectivity index is 1.64. The third kappa shape index (κ3) is 2.69. The van der Waals surface area contributed by atoms with Crippen LogP contribution in [-0.2, 0) is 0 Å². The van der Waals surface area contributed by atoms with Crippen molar-refractivity contribution >= 4 is 5.69 Å². The molecule has 0 aliphatic rings. The third-order valence-corrected chi connectivity index (χ3v) is 2.94. The highest BCUT2D eigenvalue weighted by Crippen LogP contribution is 2.14. The molecule has 6 nitrogen and oxygen atoms in total. The smallest absolute Gasteiger partial charge is 0.240 e. The second-order valence-corrected chi connectivity index (χ2v) is 4.51. The van der Waals surface area contributed by atoms with Crippen LogP contribution in [0.4, 0.5) is 5.69 Å². The van der Waals surface area contributed by atoms with Crippen molar-refractivity contribution in [2.24, 2.45) is 0 Å². The van der Waals surface area contributed by atoms with Gasteiger partial charge in [0, 0.05) is 12.2 Å². The van der Waals surface area contributed by atoms with Crippen LogP contribution in [0.25, 0.3) is 11.6 Å². The number of aromatic nitrogens is 4. The van der Waals surface area contributed by atoms with Crippen LogP contribution in [0.3, 0.4) is 0 Å². The number of furan rings is 1. The summed E-state index contributed by atoms with van der Waals surface area (Å²) in [7, 11) is 0. The minimum absolute atomic E-state index is 0.0893. The fraction of sp³-hybridized carbons (Fsp3) is 0.214. The lowest BCUT2D eigenvalue weighted by atomic mass is 10.3. The van der Waals surface area contributed by atoms with Gasteiger partial charge in [-0.25, -0.2) is 0 Å². The molecule has 0 saturated carbocycles. The molecule has 0 saturated heterocycles. The molecule has 1 atom stereocenters. The molecule has 0 spiro atoms. The highest BCUT2D eigenvalue weighted by atomic mass is 16.3. The Morgan fingerprint density at radius 1 is 1.20 bits per heavy atom. The van der Waals surface area contributed by atoms with E-state index in [0.29, 0.717) is 11.6 Å². The Kier molecular flexibility index (Phi) is 3.45. The number of anilines is 1. The zero-order valence-electron chi connectivity index (χ0n) is 11.1. The van der Waals surface area contributed by atoms with Crippen molar-refractivity contribution in [1.29, 1.82) is 0 Å². The van der Waals surface area contributed by atoms with Gasteiger partial charge in [0.05, 0.1) is 12.3 Å².